The number of imide groups is 2. The van der Waals surface area contributed by atoms with E-state index in [9.17, 15) is 28.8 Å². The molecule has 0 unspecified atom stereocenters. The largest absolute Gasteiger partial charge is 0.334 e. The predicted octanol–water partition coefficient (Wildman–Crippen LogP) is 1.18. The van der Waals surface area contributed by atoms with E-state index in [0.29, 0.717) is 21.6 Å². The number of carbonyl (C=O) groups excluding carboxylic acids is 6. The zero-order chi connectivity index (χ0) is 21.6. The molecular weight excluding hydrogens is 424 g/mol. The van der Waals surface area contributed by atoms with Crippen molar-refractivity contribution in [2.75, 3.05) is 11.5 Å². The molecule has 2 heterocycles. The number of hydroxylamine groups is 4. The Hall–Kier alpha value is -2.08. The van der Waals surface area contributed by atoms with E-state index in [1.54, 1.807) is 0 Å². The van der Waals surface area contributed by atoms with Gasteiger partial charge < -0.3 is 9.68 Å². The van der Waals surface area contributed by atoms with Crippen molar-refractivity contribution in [2.24, 2.45) is 0 Å². The topological polar surface area (TPSA) is 127 Å². The van der Waals surface area contributed by atoms with Crippen LogP contribution in [0, 0.1) is 0 Å². The lowest BCUT2D eigenvalue weighted by Gasteiger charge is -2.23. The van der Waals surface area contributed by atoms with E-state index < -0.39 is 35.6 Å². The molecule has 0 spiro atoms. The number of amides is 4. The van der Waals surface area contributed by atoms with Gasteiger partial charge >= 0.3 is 11.9 Å². The minimum atomic E-state index is -0.662. The molecule has 0 aromatic heterocycles. The quantitative estimate of drug-likeness (QED) is 0.356. The molecule has 0 aromatic rings. The lowest BCUT2D eigenvalue weighted by Crippen LogP contribution is -2.32. The highest BCUT2D eigenvalue weighted by atomic mass is 32.2. The third kappa shape index (κ3) is 7.03. The SMILES string of the molecule is CC(C)(SCCC(=O)ON1C(=O)CCC1=O)SCCC(=O)ON1C(=O)CCC1=O. The van der Waals surface area contributed by atoms with Crippen LogP contribution in [-0.2, 0) is 38.4 Å². The average Bonchev–Trinajstić information content (AvgIpc) is 3.11. The van der Waals surface area contributed by atoms with Crippen molar-refractivity contribution in [1.29, 1.82) is 0 Å². The van der Waals surface area contributed by atoms with E-state index in [-0.39, 0.29) is 42.6 Å². The monoisotopic (exact) mass is 446 g/mol. The Morgan fingerprint density at radius 3 is 1.38 bits per heavy atom. The minimum Gasteiger partial charge on any atom is -0.330 e. The van der Waals surface area contributed by atoms with Gasteiger partial charge in [-0.1, -0.05) is 0 Å². The highest BCUT2D eigenvalue weighted by molar-refractivity contribution is 8.18. The van der Waals surface area contributed by atoms with Crippen LogP contribution in [0.15, 0.2) is 0 Å². The van der Waals surface area contributed by atoms with Crippen LogP contribution in [0.2, 0.25) is 0 Å². The summed E-state index contributed by atoms with van der Waals surface area (Å²) in [6.45, 7) is 3.83. The normalized spacial score (nSPS) is 17.3. The Bertz CT molecular complexity index is 634. The molecule has 0 radical (unpaired) electrons. The first-order valence-corrected chi connectivity index (χ1v) is 11.0. The molecule has 2 fully saturated rings. The third-order valence-corrected chi connectivity index (χ3v) is 6.82. The van der Waals surface area contributed by atoms with Crippen molar-refractivity contribution in [2.45, 2.75) is 56.5 Å². The first-order chi connectivity index (χ1) is 13.6. The summed E-state index contributed by atoms with van der Waals surface area (Å²) in [6.07, 6.45) is 0.236. The minimum absolute atomic E-state index is 0.0208. The molecule has 2 saturated heterocycles. The van der Waals surface area contributed by atoms with Gasteiger partial charge in [-0.25, -0.2) is 9.59 Å². The van der Waals surface area contributed by atoms with Gasteiger partial charge in [0.1, 0.15) is 0 Å². The van der Waals surface area contributed by atoms with Crippen LogP contribution < -0.4 is 0 Å². The Morgan fingerprint density at radius 2 is 1.07 bits per heavy atom. The van der Waals surface area contributed by atoms with Crippen LogP contribution in [0.3, 0.4) is 0 Å². The van der Waals surface area contributed by atoms with Gasteiger partial charge in [-0.05, 0) is 13.8 Å². The van der Waals surface area contributed by atoms with Crippen molar-refractivity contribution in [3.63, 3.8) is 0 Å². The standard InChI is InChI=1S/C17H22N2O8S2/c1-17(2,28-9-7-15(24)26-18-11(20)3-4-12(18)21)29-10-8-16(25)27-19-13(22)5-6-14(19)23/h3-10H2,1-2H3. The second-order valence-electron chi connectivity index (χ2n) is 6.69. The average molecular weight is 447 g/mol. The lowest BCUT2D eigenvalue weighted by atomic mass is 10.4. The molecule has 29 heavy (non-hydrogen) atoms. The van der Waals surface area contributed by atoms with Gasteiger partial charge in [-0.15, -0.1) is 33.7 Å². The molecule has 0 atom stereocenters. The van der Waals surface area contributed by atoms with Crippen LogP contribution in [0.5, 0.6) is 0 Å². The number of hydrogen-bond acceptors (Lipinski definition) is 10. The molecule has 12 heteroatoms. The van der Waals surface area contributed by atoms with Crippen molar-refractivity contribution in [1.82, 2.24) is 10.1 Å². The van der Waals surface area contributed by atoms with Crippen molar-refractivity contribution in [3.8, 4) is 0 Å². The zero-order valence-electron chi connectivity index (χ0n) is 16.1. The molecular formula is C17H22N2O8S2. The van der Waals surface area contributed by atoms with Crippen LogP contribution >= 0.6 is 23.5 Å². The maximum Gasteiger partial charge on any atom is 0.334 e. The summed E-state index contributed by atoms with van der Waals surface area (Å²) >= 11 is 2.91. The molecule has 0 saturated carbocycles. The summed E-state index contributed by atoms with van der Waals surface area (Å²) in [6, 6.07) is 0. The van der Waals surface area contributed by atoms with Gasteiger partial charge in [0.2, 0.25) is 0 Å². The zero-order valence-corrected chi connectivity index (χ0v) is 17.8. The van der Waals surface area contributed by atoms with Crippen molar-refractivity contribution >= 4 is 59.1 Å². The third-order valence-electron chi connectivity index (χ3n) is 3.91. The number of carbonyl (C=O) groups is 6. The van der Waals surface area contributed by atoms with E-state index in [4.69, 9.17) is 9.68 Å². The second kappa shape index (κ2) is 10.1. The summed E-state index contributed by atoms with van der Waals surface area (Å²) in [4.78, 5) is 78.8. The van der Waals surface area contributed by atoms with Gasteiger partial charge in [0.25, 0.3) is 23.6 Å². The summed E-state index contributed by atoms with van der Waals surface area (Å²) in [5.74, 6) is -2.60. The first kappa shape index (κ1) is 23.2. The van der Waals surface area contributed by atoms with Crippen molar-refractivity contribution < 1.29 is 38.4 Å². The summed E-state index contributed by atoms with van der Waals surface area (Å²) in [7, 11) is 0. The van der Waals surface area contributed by atoms with Crippen LogP contribution in [0.1, 0.15) is 52.4 Å². The van der Waals surface area contributed by atoms with Crippen LogP contribution in [0.25, 0.3) is 0 Å². The highest BCUT2D eigenvalue weighted by Gasteiger charge is 2.34. The summed E-state index contributed by atoms with van der Waals surface area (Å²) in [5, 5.41) is 1.04. The Kier molecular flexibility index (Phi) is 8.08. The molecule has 0 aromatic carbocycles. The maximum absolute atomic E-state index is 11.8. The highest BCUT2D eigenvalue weighted by Crippen LogP contribution is 2.37. The number of rotatable bonds is 10. The molecule has 2 aliphatic heterocycles. The van der Waals surface area contributed by atoms with E-state index in [2.05, 4.69) is 0 Å². The number of thioether (sulfide) groups is 2. The number of nitrogens with zero attached hydrogens (tertiary/aromatic N) is 2. The van der Waals surface area contributed by atoms with Gasteiger partial charge in [0.15, 0.2) is 0 Å². The van der Waals surface area contributed by atoms with E-state index >= 15 is 0 Å². The molecule has 0 bridgehead atoms. The molecule has 0 N–H and O–H groups in total. The fraction of sp³-hybridized carbons (Fsp3) is 0.647. The first-order valence-electron chi connectivity index (χ1n) is 9.00. The Labute approximate surface area is 175 Å². The van der Waals surface area contributed by atoms with E-state index in [1.807, 2.05) is 13.8 Å². The van der Waals surface area contributed by atoms with Gasteiger partial charge in [-0.3, -0.25) is 19.2 Å². The van der Waals surface area contributed by atoms with Crippen LogP contribution in [-0.4, -0.2) is 61.3 Å². The van der Waals surface area contributed by atoms with E-state index in [0.717, 1.165) is 0 Å². The maximum atomic E-state index is 11.8. The van der Waals surface area contributed by atoms with Gasteiger partial charge in [0, 0.05) is 37.2 Å². The molecule has 160 valence electrons. The number of hydrogen-bond donors (Lipinski definition) is 0. The molecule has 2 rings (SSSR count). The lowest BCUT2D eigenvalue weighted by molar-refractivity contribution is -0.197. The van der Waals surface area contributed by atoms with Gasteiger partial charge in [0.05, 0.1) is 16.9 Å². The molecule has 0 aliphatic carbocycles. The summed E-state index contributed by atoms with van der Waals surface area (Å²) < 4.78 is -0.334. The fourth-order valence-electron chi connectivity index (χ4n) is 2.41. The summed E-state index contributed by atoms with van der Waals surface area (Å²) in [5.41, 5.74) is 0. The van der Waals surface area contributed by atoms with Gasteiger partial charge in [-0.2, -0.15) is 0 Å². The second-order valence-corrected chi connectivity index (χ2v) is 10.4. The molecule has 4 amide bonds. The molecule has 10 nitrogen and oxygen atoms in total. The fourth-order valence-corrected chi connectivity index (χ4v) is 4.77. The predicted molar refractivity (Wildman–Crippen MR) is 103 cm³/mol. The Balaban J connectivity index is 1.62. The smallest absolute Gasteiger partial charge is 0.330 e. The van der Waals surface area contributed by atoms with Crippen molar-refractivity contribution in [3.05, 3.63) is 0 Å². The Morgan fingerprint density at radius 1 is 0.759 bits per heavy atom. The van der Waals surface area contributed by atoms with Crippen LogP contribution in [0.4, 0.5) is 0 Å². The van der Waals surface area contributed by atoms with E-state index in [1.165, 1.54) is 23.5 Å². The molecule has 2 aliphatic rings.